The van der Waals surface area contributed by atoms with Crippen LogP contribution in [0.5, 0.6) is 17.2 Å². The first kappa shape index (κ1) is 39.1. The molecule has 14 aromatic rings. The Morgan fingerprint density at radius 3 is 2.01 bits per heavy atom. The maximum Gasteiger partial charge on any atom is 0.583 e. The van der Waals surface area contributed by atoms with Crippen molar-refractivity contribution in [2.45, 2.75) is 26.2 Å². The summed E-state index contributed by atoms with van der Waals surface area (Å²) in [5.74, 6) is 2.12. The minimum atomic E-state index is -0.666. The zero-order valence-corrected chi connectivity index (χ0v) is 45.8. The maximum atomic E-state index is 9.38. The van der Waals surface area contributed by atoms with E-state index >= 15 is 0 Å². The number of nitrogens with zero attached hydrogens (tertiary/aromatic N) is 6. The van der Waals surface area contributed by atoms with Crippen LogP contribution < -0.4 is 24.0 Å². The maximum absolute atomic E-state index is 9.38. The molecule has 0 fully saturated rings. The molecule has 9 aromatic carbocycles. The molecule has 0 spiro atoms. The van der Waals surface area contributed by atoms with Gasteiger partial charge in [0, 0.05) is 66.6 Å². The summed E-state index contributed by atoms with van der Waals surface area (Å²) in [5, 5.41) is 3.80. The summed E-state index contributed by atoms with van der Waals surface area (Å²) in [5.41, 5.74) is 8.39. The van der Waals surface area contributed by atoms with Crippen LogP contribution in [0.25, 0.3) is 105 Å². The van der Waals surface area contributed by atoms with E-state index < -0.39 is 67.4 Å². The van der Waals surface area contributed by atoms with Crippen LogP contribution in [0, 0.1) is 18.5 Å². The average Bonchev–Trinajstić information content (AvgIpc) is 1.52. The molecule has 0 amide bonds. The molecule has 0 radical (unpaired) electrons. The molecule has 10 heteroatoms. The predicted molar refractivity (Wildman–Crippen MR) is 317 cm³/mol. The summed E-state index contributed by atoms with van der Waals surface area (Å²) in [6.45, 7) is 5.86. The van der Waals surface area contributed by atoms with Gasteiger partial charge in [0.25, 0.3) is 6.33 Å². The third-order valence-corrected chi connectivity index (χ3v) is 15.1. The third kappa shape index (κ3) is 7.74. The number of ether oxygens (including phenoxy) is 2. The monoisotopic (exact) mass is 1220 g/mol. The fraction of sp³-hybridized carbons (Fsp3) is 0.0714. The van der Waals surface area contributed by atoms with E-state index in [-0.39, 0.29) is 54.4 Å². The molecule has 15 rings (SSSR count). The largest absolute Gasteiger partial charge is 0.583 e. The van der Waals surface area contributed by atoms with Crippen LogP contribution in [0.3, 0.4) is 0 Å². The van der Waals surface area contributed by atoms with E-state index in [1.54, 1.807) is 29.9 Å². The molecule has 0 bridgehead atoms. The molecule has 80 heavy (non-hydrogen) atoms. The van der Waals surface area contributed by atoms with Gasteiger partial charge in [0.2, 0.25) is 0 Å². The first-order chi connectivity index (χ1) is 42.9. The number of aromatic nitrogens is 6. The first-order valence-electron chi connectivity index (χ1n) is 30.9. The molecule has 0 saturated heterocycles. The number of imidazole rings is 1. The second-order valence-corrected chi connectivity index (χ2v) is 20.6. The van der Waals surface area contributed by atoms with E-state index in [2.05, 4.69) is 89.2 Å². The van der Waals surface area contributed by atoms with Crippen molar-refractivity contribution in [1.29, 1.82) is 0 Å². The number of para-hydroxylation sites is 4. The molecule has 0 N–H and O–H groups in total. The van der Waals surface area contributed by atoms with Gasteiger partial charge in [-0.3, -0.25) is 9.05 Å². The van der Waals surface area contributed by atoms with Gasteiger partial charge < -0.3 is 23.1 Å². The van der Waals surface area contributed by atoms with Gasteiger partial charge in [0.1, 0.15) is 23.3 Å². The van der Waals surface area contributed by atoms with Gasteiger partial charge in [-0.1, -0.05) is 171 Å². The van der Waals surface area contributed by atoms with Gasteiger partial charge in [0.05, 0.1) is 43.1 Å². The van der Waals surface area contributed by atoms with Crippen LogP contribution in [0.15, 0.2) is 231 Å². The summed E-state index contributed by atoms with van der Waals surface area (Å²) < 4.78 is 113. The van der Waals surface area contributed by atoms with E-state index in [0.717, 1.165) is 71.7 Å². The Bertz CT molecular complexity index is 5240. The van der Waals surface area contributed by atoms with E-state index in [9.17, 15) is 5.48 Å². The van der Waals surface area contributed by atoms with Crippen LogP contribution in [0.4, 0.5) is 0 Å². The van der Waals surface area contributed by atoms with Gasteiger partial charge in [0.15, 0.2) is 5.69 Å². The fourth-order valence-electron chi connectivity index (χ4n) is 11.6. The van der Waals surface area contributed by atoms with E-state index in [1.165, 1.54) is 0 Å². The number of rotatable bonds is 9. The van der Waals surface area contributed by atoms with Crippen molar-refractivity contribution < 1.29 is 53.3 Å². The van der Waals surface area contributed by atoms with Crippen molar-refractivity contribution in [3.05, 3.63) is 255 Å². The van der Waals surface area contributed by atoms with Gasteiger partial charge in [-0.2, -0.15) is 12.1 Å². The normalized spacial score (nSPS) is 13.9. The summed E-state index contributed by atoms with van der Waals surface area (Å²) in [7, 11) is 1.65. The first-order valence-corrected chi connectivity index (χ1v) is 25.9. The van der Waals surface area contributed by atoms with Crippen molar-refractivity contribution in [2.75, 3.05) is 7.11 Å². The number of benzene rings is 9. The fourth-order valence-corrected chi connectivity index (χ4v) is 11.6. The summed E-state index contributed by atoms with van der Waals surface area (Å²) >= 11 is 0. The average molecular weight is 1220 g/mol. The molecule has 1 aliphatic rings. The van der Waals surface area contributed by atoms with Crippen molar-refractivity contribution in [2.24, 2.45) is 0 Å². The molecule has 8 nitrogen and oxygen atoms in total. The Morgan fingerprint density at radius 1 is 0.613 bits per heavy atom. The Morgan fingerprint density at radius 2 is 1.26 bits per heavy atom. The zero-order chi connectivity index (χ0) is 61.6. The Labute approximate surface area is 492 Å². The number of fused-ring (bicyclic) bond motifs is 8. The second kappa shape index (κ2) is 19.3. The van der Waals surface area contributed by atoms with Gasteiger partial charge >= 0.3 is 6.98 Å². The molecule has 0 aliphatic carbocycles. The van der Waals surface area contributed by atoms with Crippen LogP contribution in [0.2, 0.25) is 0 Å². The SMILES string of the molecule is [2H]c1c([2H])c([2H])c(-c2cccc(-c3c([2H])c([2H])c([2H])c([2H])c3[2H])c2-[n+]2[c-]n3c4c5c(ccc42)c2ccccc2n5B([n+]2ccccc2-c2ccccc2OC)c2ccc(Oc4[c-]c5c(cc4)c4ccccc4n5-c4cc(C(C)(C)C)ccn4)[c-]c2-3)c([2H])c1[2H].[Pt]. The van der Waals surface area contributed by atoms with E-state index in [4.69, 9.17) is 22.7 Å². The topological polar surface area (TPSA) is 53.9 Å². The van der Waals surface area contributed by atoms with Gasteiger partial charge in [-0.15, -0.1) is 29.7 Å². The van der Waals surface area contributed by atoms with Crippen LogP contribution in [0.1, 0.15) is 40.0 Å². The number of methoxy groups -OCH3 is 1. The Kier molecular flexibility index (Phi) is 9.42. The van der Waals surface area contributed by atoms with Gasteiger partial charge in [-0.05, 0) is 92.8 Å². The molecular formula is C70H50BN6O2Pt-. The smallest absolute Gasteiger partial charge is 0.510 e. The minimum Gasteiger partial charge on any atom is -0.510 e. The molecule has 6 heterocycles. The summed E-state index contributed by atoms with van der Waals surface area (Å²) in [4.78, 5) is 4.90. The molecule has 0 unspecified atom stereocenters. The van der Waals surface area contributed by atoms with Crippen molar-refractivity contribution >= 4 is 67.1 Å². The molecular weight excluding hydrogens is 1160 g/mol. The van der Waals surface area contributed by atoms with Crippen molar-refractivity contribution in [3.63, 3.8) is 0 Å². The molecule has 0 saturated carbocycles. The summed E-state index contributed by atoms with van der Waals surface area (Å²) in [6, 6.07) is 52.9. The van der Waals surface area contributed by atoms with Crippen molar-refractivity contribution in [1.82, 2.24) is 18.6 Å². The standard InChI is InChI=1S/C70H50BN6O2.Pt/c1-70(2,3)48-39-40-72-66(42-48)76-60-30-14-11-24-53(60)55-35-33-49(43-63(55)76)79-50-34-37-58-64(44-50)74-45-73(67-51(46-20-7-5-8-21-46)27-19-28-52(67)47-22-9-6-10-23-47)62-38-36-56-54-25-12-15-31-61(54)77(68(56)69(62)74)71(58)75-41-18-17-29-59(75)57-26-13-16-32-65(57)78-4;/h5-42H,1-4H3;/q-1;/i5D,6D,7D,8D,9D,10D,20D,21D,22D,23D;. The van der Waals surface area contributed by atoms with Gasteiger partial charge in [-0.25, -0.2) is 4.98 Å². The zero-order valence-electron chi connectivity index (χ0n) is 53.6. The minimum absolute atomic E-state index is 0. The van der Waals surface area contributed by atoms with Crippen molar-refractivity contribution in [3.8, 4) is 68.0 Å². The number of hydrogen-bond acceptors (Lipinski definition) is 3. The predicted octanol–water partition coefficient (Wildman–Crippen LogP) is 14.4. The molecule has 0 atom stereocenters. The van der Waals surface area contributed by atoms with Crippen LogP contribution in [-0.4, -0.2) is 32.7 Å². The Hall–Kier alpha value is -9.30. The quantitative estimate of drug-likeness (QED) is 0.0822. The Balaban J connectivity index is 0.00000707. The number of hydrogen-bond donors (Lipinski definition) is 0. The molecule has 1 aliphatic heterocycles. The van der Waals surface area contributed by atoms with Crippen LogP contribution >= 0.6 is 0 Å². The second-order valence-electron chi connectivity index (χ2n) is 20.6. The number of pyridine rings is 2. The molecule has 5 aromatic heterocycles. The molecule has 386 valence electrons. The third-order valence-electron chi connectivity index (χ3n) is 15.1. The van der Waals surface area contributed by atoms with Crippen LogP contribution in [-0.2, 0) is 26.5 Å². The van der Waals surface area contributed by atoms with E-state index in [0.29, 0.717) is 34.0 Å². The van der Waals surface area contributed by atoms with E-state index in [1.807, 2.05) is 120 Å². The summed E-state index contributed by atoms with van der Waals surface area (Å²) in [6.07, 6.45) is 7.58.